The van der Waals surface area contributed by atoms with Crippen LogP contribution in [0.1, 0.15) is 12.0 Å². The number of hydrogen-bond acceptors (Lipinski definition) is 7. The number of aliphatic hydroxyl groups excluding tert-OH is 1. The van der Waals surface area contributed by atoms with Gasteiger partial charge in [-0.05, 0) is 55.3 Å². The van der Waals surface area contributed by atoms with Gasteiger partial charge in [0.25, 0.3) is 5.56 Å². The van der Waals surface area contributed by atoms with Crippen molar-refractivity contribution < 1.29 is 14.2 Å². The van der Waals surface area contributed by atoms with Crippen molar-refractivity contribution in [3.8, 4) is 34.2 Å². The first-order valence-corrected chi connectivity index (χ1v) is 11.5. The lowest BCUT2D eigenvalue weighted by Crippen LogP contribution is -2.34. The molecule has 1 aromatic heterocycles. The molecule has 1 saturated heterocycles. The summed E-state index contributed by atoms with van der Waals surface area (Å²) in [6.07, 6.45) is 1.05. The lowest BCUT2D eigenvalue weighted by atomic mass is 9.99. The van der Waals surface area contributed by atoms with E-state index >= 15 is 0 Å². The third-order valence-electron chi connectivity index (χ3n) is 6.17. The molecule has 4 rings (SSSR count). The van der Waals surface area contributed by atoms with Crippen LogP contribution >= 0.6 is 0 Å². The van der Waals surface area contributed by atoms with Crippen LogP contribution < -0.4 is 20.5 Å². The monoisotopic (exact) mass is 477 g/mol. The molecule has 0 bridgehead atoms. The number of aliphatic hydroxyl groups is 1. The molecule has 182 valence electrons. The minimum Gasteiger partial charge on any atom is -0.491 e. The summed E-state index contributed by atoms with van der Waals surface area (Å²) in [7, 11) is 3.58. The Morgan fingerprint density at radius 3 is 2.66 bits per heavy atom. The van der Waals surface area contributed by atoms with Crippen LogP contribution in [0.15, 0.2) is 47.3 Å². The summed E-state index contributed by atoms with van der Waals surface area (Å²) < 4.78 is 21.5. The van der Waals surface area contributed by atoms with E-state index in [0.29, 0.717) is 40.0 Å². The topological polar surface area (TPSA) is 103 Å². The number of hydrogen-bond donors (Lipinski definition) is 2. The summed E-state index contributed by atoms with van der Waals surface area (Å²) in [5, 5.41) is 21.5. The van der Waals surface area contributed by atoms with Gasteiger partial charge in [-0.25, -0.2) is 9.37 Å². The molecule has 1 aliphatic heterocycles. The van der Waals surface area contributed by atoms with Crippen molar-refractivity contribution in [1.29, 1.82) is 5.26 Å². The second-order valence-electron chi connectivity index (χ2n) is 8.64. The van der Waals surface area contributed by atoms with E-state index in [1.165, 1.54) is 16.7 Å². The molecule has 0 amide bonds. The van der Waals surface area contributed by atoms with E-state index in [2.05, 4.69) is 5.32 Å². The van der Waals surface area contributed by atoms with Gasteiger partial charge in [0, 0.05) is 26.2 Å². The maximum Gasteiger partial charge on any atom is 0.263 e. The van der Waals surface area contributed by atoms with Crippen LogP contribution in [-0.4, -0.2) is 54.6 Å². The van der Waals surface area contributed by atoms with Gasteiger partial charge in [0.05, 0.1) is 23.4 Å². The SMILES string of the molecule is CN(CC1CCNC1)c1nc(-c2ccc(C#N)c(F)c2)c(-c2ccc(OCCO)cc2)c(=O)n1C. The second-order valence-corrected chi connectivity index (χ2v) is 8.64. The van der Waals surface area contributed by atoms with E-state index in [0.717, 1.165) is 26.1 Å². The molecule has 3 aromatic rings. The van der Waals surface area contributed by atoms with Gasteiger partial charge in [-0.15, -0.1) is 0 Å². The van der Waals surface area contributed by atoms with Crippen molar-refractivity contribution in [3.05, 3.63) is 64.2 Å². The normalized spacial score (nSPS) is 15.1. The van der Waals surface area contributed by atoms with Crippen molar-refractivity contribution in [2.24, 2.45) is 13.0 Å². The van der Waals surface area contributed by atoms with E-state index in [4.69, 9.17) is 20.1 Å². The maximum absolute atomic E-state index is 14.6. The summed E-state index contributed by atoms with van der Waals surface area (Å²) in [5.74, 6) is 0.811. The predicted octanol–water partition coefficient (Wildman–Crippen LogP) is 2.54. The van der Waals surface area contributed by atoms with Crippen LogP contribution in [0.4, 0.5) is 10.3 Å². The van der Waals surface area contributed by atoms with Gasteiger partial charge in [0.15, 0.2) is 0 Å². The van der Waals surface area contributed by atoms with Gasteiger partial charge in [-0.2, -0.15) is 5.26 Å². The van der Waals surface area contributed by atoms with Gasteiger partial charge in [-0.1, -0.05) is 18.2 Å². The summed E-state index contributed by atoms with van der Waals surface area (Å²) in [6, 6.07) is 13.0. The fourth-order valence-electron chi connectivity index (χ4n) is 4.37. The minimum atomic E-state index is -0.668. The van der Waals surface area contributed by atoms with Crippen molar-refractivity contribution in [2.45, 2.75) is 6.42 Å². The van der Waals surface area contributed by atoms with E-state index in [-0.39, 0.29) is 24.3 Å². The highest BCUT2D eigenvalue weighted by molar-refractivity contribution is 5.81. The standard InChI is InChI=1S/C26H28FN5O3/c1-31(16-17-9-10-29-15-17)26-30-24(19-3-4-20(14-28)22(27)13-19)23(25(34)32(26)2)18-5-7-21(8-6-18)35-12-11-33/h3-8,13,17,29,33H,9-12,15-16H2,1-2H3. The molecule has 1 unspecified atom stereocenters. The number of halogens is 1. The molecule has 1 fully saturated rings. The Hall–Kier alpha value is -3.74. The number of ether oxygens (including phenoxy) is 1. The number of nitrogens with one attached hydrogen (secondary N) is 1. The fourth-order valence-corrected chi connectivity index (χ4v) is 4.37. The summed E-state index contributed by atoms with van der Waals surface area (Å²) in [5.41, 5.74) is 1.33. The van der Waals surface area contributed by atoms with Crippen LogP contribution in [-0.2, 0) is 7.05 Å². The lowest BCUT2D eigenvalue weighted by molar-refractivity contribution is 0.201. The highest BCUT2D eigenvalue weighted by atomic mass is 19.1. The van der Waals surface area contributed by atoms with Crippen LogP contribution in [0, 0.1) is 23.1 Å². The van der Waals surface area contributed by atoms with Crippen molar-refractivity contribution in [3.63, 3.8) is 0 Å². The summed E-state index contributed by atoms with van der Waals surface area (Å²) in [6.45, 7) is 2.67. The average Bonchev–Trinajstić information content (AvgIpc) is 3.37. The molecule has 9 heteroatoms. The number of aromatic nitrogens is 2. The Morgan fingerprint density at radius 1 is 1.29 bits per heavy atom. The third-order valence-corrected chi connectivity index (χ3v) is 6.17. The first kappa shape index (κ1) is 24.4. The number of anilines is 1. The van der Waals surface area contributed by atoms with E-state index in [9.17, 15) is 9.18 Å². The average molecular weight is 478 g/mol. The van der Waals surface area contributed by atoms with Gasteiger partial charge in [0.1, 0.15) is 24.2 Å². The molecule has 1 atom stereocenters. The molecule has 1 aliphatic rings. The highest BCUT2D eigenvalue weighted by Gasteiger charge is 2.23. The van der Waals surface area contributed by atoms with E-state index in [1.807, 2.05) is 18.0 Å². The van der Waals surface area contributed by atoms with Gasteiger partial charge in [-0.3, -0.25) is 9.36 Å². The van der Waals surface area contributed by atoms with Crippen LogP contribution in [0.5, 0.6) is 5.75 Å². The van der Waals surface area contributed by atoms with Gasteiger partial charge < -0.3 is 20.1 Å². The molecule has 0 aliphatic carbocycles. The van der Waals surface area contributed by atoms with Crippen LogP contribution in [0.3, 0.4) is 0 Å². The first-order chi connectivity index (χ1) is 16.9. The number of benzene rings is 2. The quantitative estimate of drug-likeness (QED) is 0.514. The fraction of sp³-hybridized carbons (Fsp3) is 0.346. The molecule has 35 heavy (non-hydrogen) atoms. The van der Waals surface area contributed by atoms with Crippen LogP contribution in [0.2, 0.25) is 0 Å². The Labute approximate surface area is 203 Å². The van der Waals surface area contributed by atoms with Gasteiger partial charge in [0.2, 0.25) is 5.95 Å². The molecule has 0 radical (unpaired) electrons. The van der Waals surface area contributed by atoms with E-state index in [1.54, 1.807) is 37.4 Å². The zero-order chi connectivity index (χ0) is 24.9. The smallest absolute Gasteiger partial charge is 0.263 e. The van der Waals surface area contributed by atoms with Crippen molar-refractivity contribution in [2.75, 3.05) is 44.8 Å². The number of rotatable bonds is 8. The Bertz CT molecular complexity index is 1290. The molecule has 8 nitrogen and oxygen atoms in total. The van der Waals surface area contributed by atoms with Crippen molar-refractivity contribution in [1.82, 2.24) is 14.9 Å². The zero-order valence-corrected chi connectivity index (χ0v) is 19.8. The van der Waals surface area contributed by atoms with Gasteiger partial charge >= 0.3 is 0 Å². The lowest BCUT2D eigenvalue weighted by Gasteiger charge is -2.25. The third kappa shape index (κ3) is 5.19. The van der Waals surface area contributed by atoms with Crippen molar-refractivity contribution >= 4 is 5.95 Å². The summed E-state index contributed by atoms with van der Waals surface area (Å²) in [4.78, 5) is 20.5. The minimum absolute atomic E-state index is 0.0735. The van der Waals surface area contributed by atoms with Crippen LogP contribution in [0.25, 0.3) is 22.4 Å². The predicted molar refractivity (Wildman–Crippen MR) is 132 cm³/mol. The maximum atomic E-state index is 14.6. The molecule has 2 aromatic carbocycles. The van der Waals surface area contributed by atoms with E-state index < -0.39 is 5.82 Å². The first-order valence-electron chi connectivity index (χ1n) is 11.5. The Kier molecular flexibility index (Phi) is 7.44. The highest BCUT2D eigenvalue weighted by Crippen LogP contribution is 2.31. The molecular weight excluding hydrogens is 449 g/mol. The Morgan fingerprint density at radius 2 is 2.03 bits per heavy atom. The molecule has 2 heterocycles. The largest absolute Gasteiger partial charge is 0.491 e. The molecule has 0 saturated carbocycles. The molecule has 0 spiro atoms. The molecular formula is C26H28FN5O3. The second kappa shape index (κ2) is 10.7. The molecule has 2 N–H and O–H groups in total. The number of nitriles is 1. The number of nitrogens with zero attached hydrogens (tertiary/aromatic N) is 4. The summed E-state index contributed by atoms with van der Waals surface area (Å²) >= 11 is 0. The zero-order valence-electron chi connectivity index (χ0n) is 19.8. The Balaban J connectivity index is 1.84.